The van der Waals surface area contributed by atoms with Gasteiger partial charge in [0.15, 0.2) is 5.82 Å². The summed E-state index contributed by atoms with van der Waals surface area (Å²) in [7, 11) is 1.87. The topological polar surface area (TPSA) is 95.1 Å². The highest BCUT2D eigenvalue weighted by Crippen LogP contribution is 2.27. The van der Waals surface area contributed by atoms with Gasteiger partial charge in [-0.05, 0) is 24.5 Å². The van der Waals surface area contributed by atoms with Crippen molar-refractivity contribution in [1.29, 1.82) is 0 Å². The molecule has 0 spiro atoms. The highest BCUT2D eigenvalue weighted by molar-refractivity contribution is 7.11. The van der Waals surface area contributed by atoms with Crippen LogP contribution < -0.4 is 11.1 Å². The number of rotatable bonds is 6. The van der Waals surface area contributed by atoms with Gasteiger partial charge in [0, 0.05) is 26.2 Å². The van der Waals surface area contributed by atoms with Gasteiger partial charge in [-0.25, -0.2) is 4.79 Å². The van der Waals surface area contributed by atoms with E-state index in [4.69, 9.17) is 10.5 Å². The monoisotopic (exact) mass is 295 g/mol. The van der Waals surface area contributed by atoms with Gasteiger partial charge in [0.2, 0.25) is 0 Å². The van der Waals surface area contributed by atoms with E-state index < -0.39 is 5.97 Å². The van der Waals surface area contributed by atoms with Crippen molar-refractivity contribution >= 4 is 28.3 Å². The van der Waals surface area contributed by atoms with E-state index in [2.05, 4.69) is 14.8 Å². The van der Waals surface area contributed by atoms with E-state index >= 15 is 0 Å². The lowest BCUT2D eigenvalue weighted by Gasteiger charge is -2.05. The van der Waals surface area contributed by atoms with Crippen molar-refractivity contribution in [3.8, 4) is 0 Å². The first-order chi connectivity index (χ1) is 9.61. The summed E-state index contributed by atoms with van der Waals surface area (Å²) in [6, 6.07) is 1.95. The van der Waals surface area contributed by atoms with Crippen molar-refractivity contribution in [2.45, 2.75) is 13.3 Å². The lowest BCUT2D eigenvalue weighted by atomic mass is 10.3. The van der Waals surface area contributed by atoms with Crippen LogP contribution >= 0.6 is 11.5 Å². The van der Waals surface area contributed by atoms with E-state index in [1.807, 2.05) is 19.3 Å². The maximum Gasteiger partial charge on any atom is 0.344 e. The molecule has 0 unspecified atom stereocenters. The summed E-state index contributed by atoms with van der Waals surface area (Å²) in [5.74, 6) is -0.243. The Hall–Kier alpha value is -2.09. The minimum Gasteiger partial charge on any atom is -0.462 e. The fourth-order valence-electron chi connectivity index (χ4n) is 1.72. The Labute approximate surface area is 120 Å². The molecular weight excluding hydrogens is 278 g/mol. The van der Waals surface area contributed by atoms with Crippen molar-refractivity contribution in [3.05, 3.63) is 23.5 Å². The van der Waals surface area contributed by atoms with Crippen LogP contribution in [0.1, 0.15) is 23.0 Å². The van der Waals surface area contributed by atoms with E-state index in [-0.39, 0.29) is 5.82 Å². The number of hydrogen-bond donors (Lipinski definition) is 2. The van der Waals surface area contributed by atoms with E-state index in [1.165, 1.54) is 0 Å². The van der Waals surface area contributed by atoms with Crippen molar-refractivity contribution in [2.24, 2.45) is 7.05 Å². The minimum absolute atomic E-state index is 0.203. The molecule has 0 fully saturated rings. The number of esters is 1. The van der Waals surface area contributed by atoms with Gasteiger partial charge in [-0.3, -0.25) is 4.68 Å². The molecule has 7 nitrogen and oxygen atoms in total. The molecule has 0 aliphatic heterocycles. The number of hydrogen-bond acceptors (Lipinski definition) is 7. The number of nitrogens with two attached hydrogens (primary N) is 1. The molecule has 0 saturated heterocycles. The van der Waals surface area contributed by atoms with Crippen LogP contribution in [0.5, 0.6) is 0 Å². The molecule has 20 heavy (non-hydrogen) atoms. The summed E-state index contributed by atoms with van der Waals surface area (Å²) in [5.41, 5.74) is 7.00. The van der Waals surface area contributed by atoms with Crippen molar-refractivity contribution in [3.63, 3.8) is 0 Å². The molecule has 2 heterocycles. The summed E-state index contributed by atoms with van der Waals surface area (Å²) in [6.07, 6.45) is 2.64. The standard InChI is InChI=1S/C12H17N5O2S/c1-3-19-12(18)9-10(13)16-20-11(9)14-6-4-8-5-7-17(2)15-8/h5,7,14H,3-4,6H2,1-2H3,(H2,13,16). The molecular formula is C12H17N5O2S. The van der Waals surface area contributed by atoms with Crippen molar-refractivity contribution in [1.82, 2.24) is 14.2 Å². The van der Waals surface area contributed by atoms with E-state index in [0.29, 0.717) is 23.7 Å². The molecule has 0 amide bonds. The highest BCUT2D eigenvalue weighted by Gasteiger charge is 2.20. The van der Waals surface area contributed by atoms with Gasteiger partial charge in [0.1, 0.15) is 10.6 Å². The van der Waals surface area contributed by atoms with Gasteiger partial charge >= 0.3 is 5.97 Å². The zero-order valence-corrected chi connectivity index (χ0v) is 12.2. The van der Waals surface area contributed by atoms with Gasteiger partial charge in [0.05, 0.1) is 12.3 Å². The molecule has 0 saturated carbocycles. The lowest BCUT2D eigenvalue weighted by Crippen LogP contribution is -2.11. The van der Waals surface area contributed by atoms with Gasteiger partial charge in [0.25, 0.3) is 0 Å². The molecule has 0 radical (unpaired) electrons. The number of aromatic nitrogens is 3. The fraction of sp³-hybridized carbons (Fsp3) is 0.417. The molecule has 2 rings (SSSR count). The van der Waals surface area contributed by atoms with Gasteiger partial charge in [-0.15, -0.1) is 0 Å². The third-order valence-corrected chi connectivity index (χ3v) is 3.45. The highest BCUT2D eigenvalue weighted by atomic mass is 32.1. The Balaban J connectivity index is 1.97. The van der Waals surface area contributed by atoms with Gasteiger partial charge in [-0.2, -0.15) is 9.47 Å². The normalized spacial score (nSPS) is 10.5. The van der Waals surface area contributed by atoms with Crippen LogP contribution in [0, 0.1) is 0 Å². The molecule has 0 aliphatic rings. The zero-order chi connectivity index (χ0) is 14.5. The quantitative estimate of drug-likeness (QED) is 0.780. The first kappa shape index (κ1) is 14.3. The Morgan fingerprint density at radius 3 is 3.05 bits per heavy atom. The maximum absolute atomic E-state index is 11.8. The maximum atomic E-state index is 11.8. The number of carbonyl (C=O) groups excluding carboxylic acids is 1. The Morgan fingerprint density at radius 2 is 2.40 bits per heavy atom. The number of anilines is 2. The molecule has 2 aromatic heterocycles. The first-order valence-electron chi connectivity index (χ1n) is 6.26. The van der Waals surface area contributed by atoms with Crippen LogP contribution in [0.2, 0.25) is 0 Å². The van der Waals surface area contributed by atoms with Crippen LogP contribution in [0.15, 0.2) is 12.3 Å². The largest absolute Gasteiger partial charge is 0.462 e. The van der Waals surface area contributed by atoms with Crippen LogP contribution in [-0.2, 0) is 18.2 Å². The zero-order valence-electron chi connectivity index (χ0n) is 11.4. The van der Waals surface area contributed by atoms with Crippen molar-refractivity contribution < 1.29 is 9.53 Å². The summed E-state index contributed by atoms with van der Waals surface area (Å²) < 4.78 is 10.7. The average Bonchev–Trinajstić information content (AvgIpc) is 2.97. The van der Waals surface area contributed by atoms with E-state index in [1.54, 1.807) is 11.6 Å². The van der Waals surface area contributed by atoms with Crippen LogP contribution in [0.4, 0.5) is 10.8 Å². The SMILES string of the molecule is CCOC(=O)c1c(N)nsc1NCCc1ccn(C)n1. The Morgan fingerprint density at radius 1 is 1.60 bits per heavy atom. The lowest BCUT2D eigenvalue weighted by molar-refractivity contribution is 0.0529. The molecule has 0 aliphatic carbocycles. The molecule has 0 aromatic carbocycles. The summed E-state index contributed by atoms with van der Waals surface area (Å²) >= 11 is 1.16. The Bertz CT molecular complexity index is 592. The molecule has 8 heteroatoms. The van der Waals surface area contributed by atoms with Gasteiger partial charge in [-0.1, -0.05) is 0 Å². The predicted molar refractivity (Wildman–Crippen MR) is 77.9 cm³/mol. The van der Waals surface area contributed by atoms with E-state index in [9.17, 15) is 4.79 Å². The fourth-order valence-corrected chi connectivity index (χ4v) is 2.45. The summed E-state index contributed by atoms with van der Waals surface area (Å²) in [6.45, 7) is 2.70. The van der Waals surface area contributed by atoms with Crippen LogP contribution in [0.25, 0.3) is 0 Å². The number of ether oxygens (including phenoxy) is 1. The van der Waals surface area contributed by atoms with Gasteiger partial charge < -0.3 is 15.8 Å². The second kappa shape index (κ2) is 6.38. The molecule has 2 aromatic rings. The number of nitrogens with one attached hydrogen (secondary N) is 1. The minimum atomic E-state index is -0.445. The summed E-state index contributed by atoms with van der Waals surface area (Å²) in [4.78, 5) is 11.8. The predicted octanol–water partition coefficient (Wildman–Crippen LogP) is 1.29. The number of aryl methyl sites for hydroxylation is 1. The number of carbonyl (C=O) groups is 1. The first-order valence-corrected chi connectivity index (χ1v) is 7.03. The third-order valence-electron chi connectivity index (χ3n) is 2.63. The third kappa shape index (κ3) is 3.27. The summed E-state index contributed by atoms with van der Waals surface area (Å²) in [5, 5.41) is 8.08. The van der Waals surface area contributed by atoms with Crippen LogP contribution in [-0.4, -0.2) is 33.3 Å². The average molecular weight is 295 g/mol. The number of nitrogen functional groups attached to an aromatic ring is 1. The van der Waals surface area contributed by atoms with E-state index in [0.717, 1.165) is 23.6 Å². The van der Waals surface area contributed by atoms with Crippen LogP contribution in [0.3, 0.4) is 0 Å². The Kier molecular flexibility index (Phi) is 4.57. The van der Waals surface area contributed by atoms with Crippen molar-refractivity contribution in [2.75, 3.05) is 24.2 Å². The molecule has 0 atom stereocenters. The second-order valence-corrected chi connectivity index (χ2v) is 4.92. The second-order valence-electron chi connectivity index (χ2n) is 4.15. The molecule has 0 bridgehead atoms. The number of nitrogens with zero attached hydrogens (tertiary/aromatic N) is 3. The molecule has 3 N–H and O–H groups in total. The smallest absolute Gasteiger partial charge is 0.344 e. The molecule has 108 valence electrons.